The van der Waals surface area contributed by atoms with Gasteiger partial charge in [-0.05, 0) is 51.5 Å². The van der Waals surface area contributed by atoms with E-state index in [2.05, 4.69) is 20.6 Å². The van der Waals surface area contributed by atoms with Crippen molar-refractivity contribution >= 4 is 22.5 Å². The minimum atomic E-state index is -0.770. The second-order valence-corrected chi connectivity index (χ2v) is 7.91. The fourth-order valence-corrected chi connectivity index (χ4v) is 3.84. The van der Waals surface area contributed by atoms with Gasteiger partial charge in [0.1, 0.15) is 28.8 Å². The Hall–Kier alpha value is -2.22. The van der Waals surface area contributed by atoms with E-state index >= 15 is 0 Å². The summed E-state index contributed by atoms with van der Waals surface area (Å²) in [4.78, 5) is 4.44. The highest BCUT2D eigenvalue weighted by atomic mass is 35.5. The van der Waals surface area contributed by atoms with Gasteiger partial charge in [0.05, 0.1) is 17.8 Å². The topological polar surface area (TPSA) is 85.1 Å². The molecule has 3 atom stereocenters. The van der Waals surface area contributed by atoms with Crippen LogP contribution in [0.25, 0.3) is 10.9 Å². The number of ether oxygens (including phenoxy) is 1. The van der Waals surface area contributed by atoms with Crippen LogP contribution in [0.1, 0.15) is 44.1 Å². The largest absolute Gasteiger partial charge is 0.485 e. The van der Waals surface area contributed by atoms with Gasteiger partial charge in [-0.1, -0.05) is 16.8 Å². The Morgan fingerprint density at radius 2 is 2.11 bits per heavy atom. The predicted octanol–water partition coefficient (Wildman–Crippen LogP) is 3.17. The van der Waals surface area contributed by atoms with Gasteiger partial charge in [0.15, 0.2) is 0 Å². The summed E-state index contributed by atoms with van der Waals surface area (Å²) in [6.07, 6.45) is 2.46. The van der Waals surface area contributed by atoms with Crippen LogP contribution in [0.2, 0.25) is 5.15 Å². The molecule has 142 valence electrons. The highest BCUT2D eigenvalue weighted by Crippen LogP contribution is 2.42. The highest BCUT2D eigenvalue weighted by Gasteiger charge is 2.43. The van der Waals surface area contributed by atoms with E-state index in [0.717, 1.165) is 27.8 Å². The number of aliphatic hydroxyl groups is 1. The summed E-state index contributed by atoms with van der Waals surface area (Å²) in [5.41, 5.74) is 1.89. The first-order chi connectivity index (χ1) is 12.8. The van der Waals surface area contributed by atoms with Gasteiger partial charge < -0.3 is 9.84 Å². The average molecular weight is 388 g/mol. The van der Waals surface area contributed by atoms with E-state index in [1.54, 1.807) is 17.1 Å². The van der Waals surface area contributed by atoms with Gasteiger partial charge in [-0.2, -0.15) is 0 Å². The predicted molar refractivity (Wildman–Crippen MR) is 103 cm³/mol. The van der Waals surface area contributed by atoms with Gasteiger partial charge >= 0.3 is 0 Å². The molecule has 1 aromatic carbocycles. The van der Waals surface area contributed by atoms with E-state index in [0.29, 0.717) is 5.15 Å². The van der Waals surface area contributed by atoms with Gasteiger partial charge in [-0.15, -0.1) is 5.10 Å². The lowest BCUT2D eigenvalue weighted by atomic mass is 9.85. The zero-order chi connectivity index (χ0) is 19.3. The molecule has 1 aliphatic heterocycles. The van der Waals surface area contributed by atoms with Crippen LogP contribution < -0.4 is 10.1 Å². The number of nitrogens with one attached hydrogen (secondary N) is 1. The number of hydrogen-bond donors (Lipinski definition) is 2. The fourth-order valence-electron chi connectivity index (χ4n) is 3.58. The number of benzene rings is 1. The van der Waals surface area contributed by atoms with E-state index in [-0.39, 0.29) is 12.2 Å². The summed E-state index contributed by atoms with van der Waals surface area (Å²) in [6, 6.07) is 5.38. The summed E-state index contributed by atoms with van der Waals surface area (Å²) in [5, 5.41) is 23.7. The first-order valence-corrected chi connectivity index (χ1v) is 9.24. The minimum Gasteiger partial charge on any atom is -0.485 e. The lowest BCUT2D eigenvalue weighted by Crippen LogP contribution is -2.53. The van der Waals surface area contributed by atoms with E-state index in [9.17, 15) is 5.11 Å². The van der Waals surface area contributed by atoms with Crippen molar-refractivity contribution in [3.8, 4) is 5.75 Å². The number of nitrogens with zero attached hydrogens (tertiary/aromatic N) is 4. The highest BCUT2D eigenvalue weighted by molar-refractivity contribution is 6.29. The summed E-state index contributed by atoms with van der Waals surface area (Å²) in [6.45, 7) is 7.72. The van der Waals surface area contributed by atoms with Crippen molar-refractivity contribution in [3.63, 3.8) is 0 Å². The zero-order valence-electron chi connectivity index (χ0n) is 15.6. The van der Waals surface area contributed by atoms with Crippen molar-refractivity contribution < 1.29 is 9.84 Å². The maximum absolute atomic E-state index is 11.0. The Balaban J connectivity index is 1.82. The number of rotatable bonds is 3. The molecule has 0 saturated carbocycles. The number of hydrogen-bond acceptors (Lipinski definition) is 6. The number of fused-ring (bicyclic) bond motifs is 2. The summed E-state index contributed by atoms with van der Waals surface area (Å²) >= 11 is 6.14. The number of halogens is 1. The smallest absolute Gasteiger partial charge is 0.131 e. The number of aliphatic hydroxyl groups excluding tert-OH is 1. The normalized spacial score (nSPS) is 22.3. The van der Waals surface area contributed by atoms with Crippen molar-refractivity contribution in [2.75, 3.05) is 0 Å². The number of aromatic nitrogens is 4. The molecule has 27 heavy (non-hydrogen) atoms. The molecule has 2 N–H and O–H groups in total. The molecule has 1 aliphatic rings. The van der Waals surface area contributed by atoms with Crippen molar-refractivity contribution in [2.45, 2.75) is 51.6 Å². The van der Waals surface area contributed by atoms with Gasteiger partial charge in [0, 0.05) is 17.1 Å². The van der Waals surface area contributed by atoms with Crippen LogP contribution >= 0.6 is 11.6 Å². The standard InChI is InChI=1S/C19H22ClN5O2/c1-10-7-16(20)23-14-8-13-15(9-12(10)14)27-19(3,4)18(26)17(13)22-11(2)25-6-5-21-24-25/h5-9,11,17-18,22,26H,1-4H3/t11?,17-,18+/m0/s1. The van der Waals surface area contributed by atoms with Crippen LogP contribution in [0.3, 0.4) is 0 Å². The molecule has 0 fully saturated rings. The first kappa shape index (κ1) is 18.2. The van der Waals surface area contributed by atoms with E-state index < -0.39 is 11.7 Å². The SMILES string of the molecule is Cc1cc(Cl)nc2cc3c(cc12)OC(C)(C)[C@H](O)[C@H]3NC(C)n1ccnn1. The minimum absolute atomic E-state index is 0.168. The molecule has 0 amide bonds. The van der Waals surface area contributed by atoms with Crippen LogP contribution in [0, 0.1) is 6.92 Å². The molecule has 3 aromatic rings. The zero-order valence-corrected chi connectivity index (χ0v) is 16.4. The maximum atomic E-state index is 11.0. The second kappa shape index (κ2) is 6.44. The molecule has 0 bridgehead atoms. The molecular weight excluding hydrogens is 366 g/mol. The summed E-state index contributed by atoms with van der Waals surface area (Å²) in [5.74, 6) is 0.730. The molecule has 0 saturated heterocycles. The average Bonchev–Trinajstić information content (AvgIpc) is 3.12. The third-order valence-corrected chi connectivity index (χ3v) is 5.30. The third kappa shape index (κ3) is 3.16. The molecule has 0 radical (unpaired) electrons. The van der Waals surface area contributed by atoms with Crippen LogP contribution in [0.5, 0.6) is 5.75 Å². The molecule has 1 unspecified atom stereocenters. The van der Waals surface area contributed by atoms with Crippen LogP contribution in [-0.2, 0) is 0 Å². The van der Waals surface area contributed by atoms with Crippen molar-refractivity contribution in [3.05, 3.63) is 46.9 Å². The molecule has 7 nitrogen and oxygen atoms in total. The van der Waals surface area contributed by atoms with Gasteiger partial charge in [-0.3, -0.25) is 5.32 Å². The lowest BCUT2D eigenvalue weighted by molar-refractivity contribution is -0.0679. The van der Waals surface area contributed by atoms with Crippen molar-refractivity contribution in [1.29, 1.82) is 0 Å². The van der Waals surface area contributed by atoms with Crippen molar-refractivity contribution in [1.82, 2.24) is 25.3 Å². The summed E-state index contributed by atoms with van der Waals surface area (Å²) in [7, 11) is 0. The van der Waals surface area contributed by atoms with E-state index in [4.69, 9.17) is 16.3 Å². The molecule has 2 aromatic heterocycles. The van der Waals surface area contributed by atoms with E-state index in [1.165, 1.54) is 0 Å². The van der Waals surface area contributed by atoms with Crippen LogP contribution in [0.15, 0.2) is 30.6 Å². The van der Waals surface area contributed by atoms with Crippen LogP contribution in [-0.4, -0.2) is 36.8 Å². The fraction of sp³-hybridized carbons (Fsp3) is 0.421. The second-order valence-electron chi connectivity index (χ2n) is 7.52. The van der Waals surface area contributed by atoms with Gasteiger partial charge in [0.25, 0.3) is 0 Å². The van der Waals surface area contributed by atoms with Crippen LogP contribution in [0.4, 0.5) is 0 Å². The third-order valence-electron chi connectivity index (χ3n) is 5.11. The first-order valence-electron chi connectivity index (χ1n) is 8.86. The molecular formula is C19H22ClN5O2. The Labute approximate surface area is 162 Å². The van der Waals surface area contributed by atoms with Crippen molar-refractivity contribution in [2.24, 2.45) is 0 Å². The lowest BCUT2D eigenvalue weighted by Gasteiger charge is -2.43. The maximum Gasteiger partial charge on any atom is 0.131 e. The molecule has 0 aliphatic carbocycles. The monoisotopic (exact) mass is 387 g/mol. The summed E-state index contributed by atoms with van der Waals surface area (Å²) < 4.78 is 7.85. The number of pyridine rings is 1. The Morgan fingerprint density at radius 1 is 1.33 bits per heavy atom. The Morgan fingerprint density at radius 3 is 2.81 bits per heavy atom. The molecule has 4 rings (SSSR count). The Kier molecular flexibility index (Phi) is 4.33. The Bertz CT molecular complexity index is 989. The molecule has 3 heterocycles. The number of aryl methyl sites for hydroxylation is 1. The van der Waals surface area contributed by atoms with Gasteiger partial charge in [-0.25, -0.2) is 9.67 Å². The van der Waals surface area contributed by atoms with E-state index in [1.807, 2.05) is 45.9 Å². The molecule has 8 heteroatoms. The quantitative estimate of drug-likeness (QED) is 0.671. The van der Waals surface area contributed by atoms with Gasteiger partial charge in [0.2, 0.25) is 0 Å². The molecule has 0 spiro atoms.